The third-order valence-corrected chi connectivity index (χ3v) is 6.23. The minimum absolute atomic E-state index is 0.0399. The van der Waals surface area contributed by atoms with Gasteiger partial charge in [0.25, 0.3) is 5.69 Å². The zero-order chi connectivity index (χ0) is 24.4. The summed E-state index contributed by atoms with van der Waals surface area (Å²) in [6, 6.07) is 17.3. The van der Waals surface area contributed by atoms with Gasteiger partial charge in [0, 0.05) is 21.8 Å². The number of aromatic hydroxyl groups is 1. The van der Waals surface area contributed by atoms with Crippen LogP contribution >= 0.6 is 15.9 Å². The van der Waals surface area contributed by atoms with E-state index in [0.717, 1.165) is 27.4 Å². The number of nitro benzene ring substituents is 1. The number of hydrogen-bond acceptors (Lipinski definition) is 8. The van der Waals surface area contributed by atoms with Gasteiger partial charge in [0.1, 0.15) is 6.17 Å². The van der Waals surface area contributed by atoms with E-state index in [4.69, 9.17) is 9.47 Å². The second kappa shape index (κ2) is 9.70. The number of ether oxygens (including phenoxy) is 2. The van der Waals surface area contributed by atoms with Gasteiger partial charge in [0.05, 0.1) is 37.8 Å². The fourth-order valence-electron chi connectivity index (χ4n) is 4.19. The molecule has 2 atom stereocenters. The molecule has 34 heavy (non-hydrogen) atoms. The lowest BCUT2D eigenvalue weighted by Gasteiger charge is -2.44. The van der Waals surface area contributed by atoms with E-state index in [1.807, 2.05) is 48.5 Å². The van der Waals surface area contributed by atoms with Crippen molar-refractivity contribution in [3.63, 3.8) is 0 Å². The van der Waals surface area contributed by atoms with Crippen LogP contribution in [0, 0.1) is 10.1 Å². The normalized spacial score (nSPS) is 17.4. The molecule has 0 bridgehead atoms. The third kappa shape index (κ3) is 4.42. The number of fused-ring (bicyclic) bond motifs is 1. The summed E-state index contributed by atoms with van der Waals surface area (Å²) in [7, 11) is 2.62. The number of nitrogens with zero attached hydrogens (tertiary/aromatic N) is 2. The Morgan fingerprint density at radius 2 is 1.88 bits per heavy atom. The molecule has 3 aromatic carbocycles. The molecule has 9 nitrogen and oxygen atoms in total. The third-order valence-electron chi connectivity index (χ3n) is 5.73. The first kappa shape index (κ1) is 23.5. The van der Waals surface area contributed by atoms with Gasteiger partial charge in [-0.3, -0.25) is 19.8 Å². The molecule has 1 aliphatic rings. The Morgan fingerprint density at radius 3 is 2.53 bits per heavy atom. The van der Waals surface area contributed by atoms with Gasteiger partial charge in [-0.1, -0.05) is 46.3 Å². The Balaban J connectivity index is 1.97. The smallest absolute Gasteiger partial charge is 0.319 e. The Morgan fingerprint density at radius 1 is 1.15 bits per heavy atom. The van der Waals surface area contributed by atoms with Crippen molar-refractivity contribution in [2.45, 2.75) is 12.2 Å². The van der Waals surface area contributed by atoms with Crippen molar-refractivity contribution >= 4 is 33.3 Å². The molecule has 0 fully saturated rings. The van der Waals surface area contributed by atoms with E-state index in [0.29, 0.717) is 0 Å². The summed E-state index contributed by atoms with van der Waals surface area (Å²) >= 11 is 3.52. The molecule has 0 amide bonds. The number of benzene rings is 3. The summed E-state index contributed by atoms with van der Waals surface area (Å²) in [4.78, 5) is 25.3. The molecular formula is C24H22BrN3O6. The lowest BCUT2D eigenvalue weighted by molar-refractivity contribution is -0.385. The summed E-state index contributed by atoms with van der Waals surface area (Å²) in [5, 5.41) is 25.9. The Labute approximate surface area is 204 Å². The van der Waals surface area contributed by atoms with Crippen LogP contribution in [0.2, 0.25) is 0 Å². The van der Waals surface area contributed by atoms with Crippen LogP contribution in [-0.2, 0) is 9.53 Å². The maximum absolute atomic E-state index is 12.5. The van der Waals surface area contributed by atoms with Crippen LogP contribution in [0.5, 0.6) is 11.5 Å². The molecule has 176 valence electrons. The van der Waals surface area contributed by atoms with Gasteiger partial charge in [-0.25, -0.2) is 0 Å². The van der Waals surface area contributed by atoms with E-state index in [-0.39, 0.29) is 29.3 Å². The highest BCUT2D eigenvalue weighted by atomic mass is 79.9. The van der Waals surface area contributed by atoms with Crippen LogP contribution < -0.4 is 10.1 Å². The average molecular weight is 528 g/mol. The van der Waals surface area contributed by atoms with Crippen LogP contribution in [0.1, 0.15) is 28.9 Å². The zero-order valence-corrected chi connectivity index (χ0v) is 20.0. The van der Waals surface area contributed by atoms with Crippen LogP contribution in [0.25, 0.3) is 0 Å². The second-order valence-corrected chi connectivity index (χ2v) is 8.60. The number of phenols is 1. The number of halogens is 1. The highest BCUT2D eigenvalue weighted by Gasteiger charge is 2.39. The van der Waals surface area contributed by atoms with Gasteiger partial charge in [0.15, 0.2) is 11.5 Å². The molecule has 0 aromatic heterocycles. The molecule has 0 saturated heterocycles. The predicted molar refractivity (Wildman–Crippen MR) is 129 cm³/mol. The number of non-ortho nitro benzene ring substituents is 1. The van der Waals surface area contributed by atoms with Gasteiger partial charge >= 0.3 is 5.97 Å². The quantitative estimate of drug-likeness (QED) is 0.268. The van der Waals surface area contributed by atoms with Crippen molar-refractivity contribution in [1.82, 2.24) is 4.90 Å². The highest BCUT2D eigenvalue weighted by Crippen LogP contribution is 2.48. The lowest BCUT2D eigenvalue weighted by Crippen LogP contribution is -2.44. The lowest BCUT2D eigenvalue weighted by atomic mass is 9.91. The number of carbonyl (C=O) groups is 1. The molecule has 1 aliphatic heterocycles. The first-order chi connectivity index (χ1) is 16.3. The molecule has 2 N–H and O–H groups in total. The van der Waals surface area contributed by atoms with Gasteiger partial charge in [-0.15, -0.1) is 0 Å². The zero-order valence-electron chi connectivity index (χ0n) is 18.4. The first-order valence-electron chi connectivity index (χ1n) is 10.3. The van der Waals surface area contributed by atoms with Crippen molar-refractivity contribution in [2.75, 3.05) is 26.1 Å². The van der Waals surface area contributed by atoms with E-state index in [9.17, 15) is 20.0 Å². The number of esters is 1. The molecule has 0 unspecified atom stereocenters. The molecular weight excluding hydrogens is 506 g/mol. The number of methoxy groups -OCH3 is 2. The number of phenolic OH excluding ortho intramolecular Hbond substituents is 1. The largest absolute Gasteiger partial charge is 0.504 e. The first-order valence-corrected chi connectivity index (χ1v) is 11.1. The van der Waals surface area contributed by atoms with Gasteiger partial charge in [0.2, 0.25) is 0 Å². The minimum atomic E-state index is -0.813. The number of nitro groups is 1. The average Bonchev–Trinajstić information content (AvgIpc) is 2.84. The Kier molecular flexibility index (Phi) is 6.71. The standard InChI is InChI=1S/C24H22BrN3O6/c1-33-20-12-16(28(31)32)11-18(23(20)30)24-26-19-9-8-15(25)10-17(19)22(14-6-4-3-5-7-14)27(24)13-21(29)34-2/h3-12,22,24,26,30H,13H2,1-2H3/t22-,24-/m0/s1. The minimum Gasteiger partial charge on any atom is -0.504 e. The topological polar surface area (TPSA) is 114 Å². The molecule has 0 radical (unpaired) electrons. The highest BCUT2D eigenvalue weighted by molar-refractivity contribution is 9.10. The van der Waals surface area contributed by atoms with Crippen molar-refractivity contribution in [3.8, 4) is 11.5 Å². The molecule has 0 saturated carbocycles. The number of carbonyl (C=O) groups excluding carboxylic acids is 1. The van der Waals surface area contributed by atoms with E-state index < -0.39 is 23.1 Å². The second-order valence-electron chi connectivity index (χ2n) is 7.68. The van der Waals surface area contributed by atoms with E-state index in [2.05, 4.69) is 21.2 Å². The monoisotopic (exact) mass is 527 g/mol. The van der Waals surface area contributed by atoms with E-state index >= 15 is 0 Å². The summed E-state index contributed by atoms with van der Waals surface area (Å²) < 4.78 is 11.0. The van der Waals surface area contributed by atoms with E-state index in [1.165, 1.54) is 20.3 Å². The maximum Gasteiger partial charge on any atom is 0.319 e. The number of rotatable bonds is 6. The van der Waals surface area contributed by atoms with Crippen LogP contribution in [-0.4, -0.2) is 41.7 Å². The van der Waals surface area contributed by atoms with Gasteiger partial charge in [-0.2, -0.15) is 0 Å². The number of anilines is 1. The molecule has 4 rings (SSSR count). The van der Waals surface area contributed by atoms with Crippen molar-refractivity contribution in [3.05, 3.63) is 91.9 Å². The van der Waals surface area contributed by atoms with Crippen LogP contribution in [0.4, 0.5) is 11.4 Å². The molecule has 10 heteroatoms. The maximum atomic E-state index is 12.5. The Hall–Kier alpha value is -3.63. The number of hydrogen-bond donors (Lipinski definition) is 2. The van der Waals surface area contributed by atoms with Gasteiger partial charge in [-0.05, 0) is 29.3 Å². The molecule has 1 heterocycles. The molecule has 3 aromatic rings. The fraction of sp³-hybridized carbons (Fsp3) is 0.208. The summed E-state index contributed by atoms with van der Waals surface area (Å²) in [5.41, 5.74) is 2.49. The van der Waals surface area contributed by atoms with Crippen LogP contribution in [0.15, 0.2) is 65.1 Å². The molecule has 0 aliphatic carbocycles. The Bertz CT molecular complexity index is 1240. The summed E-state index contributed by atoms with van der Waals surface area (Å²) in [5.74, 6) is -0.794. The fourth-order valence-corrected chi connectivity index (χ4v) is 4.57. The molecule has 0 spiro atoms. The van der Waals surface area contributed by atoms with E-state index in [1.54, 1.807) is 4.90 Å². The number of nitrogens with one attached hydrogen (secondary N) is 1. The van der Waals surface area contributed by atoms with Gasteiger partial charge < -0.3 is 19.9 Å². The van der Waals surface area contributed by atoms with Crippen molar-refractivity contribution < 1.29 is 24.3 Å². The predicted octanol–water partition coefficient (Wildman–Crippen LogP) is 4.76. The van der Waals surface area contributed by atoms with Crippen molar-refractivity contribution in [2.24, 2.45) is 0 Å². The summed E-state index contributed by atoms with van der Waals surface area (Å²) in [6.45, 7) is -0.149. The SMILES string of the molecule is COC(=O)CN1[C@@H](c2ccccc2)c2cc(Br)ccc2N[C@@H]1c1cc([N+](=O)[O-])cc(OC)c1O. The summed E-state index contributed by atoms with van der Waals surface area (Å²) in [6.07, 6.45) is -0.813. The van der Waals surface area contributed by atoms with Crippen LogP contribution in [0.3, 0.4) is 0 Å². The van der Waals surface area contributed by atoms with Crippen molar-refractivity contribution in [1.29, 1.82) is 0 Å².